The van der Waals surface area contributed by atoms with Gasteiger partial charge in [0, 0.05) is 10.7 Å². The van der Waals surface area contributed by atoms with E-state index in [2.05, 4.69) is 29.6 Å². The molecule has 17 heavy (non-hydrogen) atoms. The van der Waals surface area contributed by atoms with Crippen molar-refractivity contribution in [1.82, 2.24) is 0 Å². The lowest BCUT2D eigenvalue weighted by Crippen LogP contribution is -2.23. The first-order chi connectivity index (χ1) is 8.36. The molecule has 1 unspecified atom stereocenters. The molecule has 1 aliphatic carbocycles. The van der Waals surface area contributed by atoms with Crippen molar-refractivity contribution in [3.8, 4) is 0 Å². The van der Waals surface area contributed by atoms with E-state index in [1.165, 1.54) is 47.8 Å². The van der Waals surface area contributed by atoms with Gasteiger partial charge in [0.15, 0.2) is 0 Å². The monoisotopic (exact) mass is 245 g/mol. The van der Waals surface area contributed by atoms with Gasteiger partial charge in [-0.25, -0.2) is 0 Å². The summed E-state index contributed by atoms with van der Waals surface area (Å²) in [7, 11) is 0. The van der Waals surface area contributed by atoms with Crippen LogP contribution in [0.25, 0.3) is 10.1 Å². The molecule has 1 saturated carbocycles. The average molecular weight is 245 g/mol. The normalized spacial score (nSPS) is 19.6. The maximum absolute atomic E-state index is 6.50. The van der Waals surface area contributed by atoms with Crippen LogP contribution >= 0.6 is 11.3 Å². The summed E-state index contributed by atoms with van der Waals surface area (Å²) in [6, 6.07) is 8.98. The maximum atomic E-state index is 6.50. The van der Waals surface area contributed by atoms with E-state index < -0.39 is 0 Å². The largest absolute Gasteiger partial charge is 0.324 e. The fourth-order valence-electron chi connectivity index (χ4n) is 3.03. The van der Waals surface area contributed by atoms with Gasteiger partial charge in [0.05, 0.1) is 0 Å². The number of nitrogens with two attached hydrogens (primary N) is 1. The lowest BCUT2D eigenvalue weighted by Gasteiger charge is -2.28. The van der Waals surface area contributed by atoms with E-state index in [0.29, 0.717) is 5.92 Å². The van der Waals surface area contributed by atoms with E-state index in [-0.39, 0.29) is 6.04 Å². The minimum Gasteiger partial charge on any atom is -0.324 e. The smallest absolute Gasteiger partial charge is 0.0390 e. The molecule has 0 radical (unpaired) electrons. The van der Waals surface area contributed by atoms with Crippen LogP contribution in [0.3, 0.4) is 0 Å². The number of hydrogen-bond donors (Lipinski definition) is 1. The Bertz CT molecular complexity index is 496. The number of benzene rings is 1. The standard InChI is InChI=1S/C15H19NS/c16-14(11-5-2-1-3-6-11)13-8-4-7-12-9-10-17-15(12)13/h4,7-11,14H,1-3,5-6,16H2. The van der Waals surface area contributed by atoms with Crippen molar-refractivity contribution in [2.45, 2.75) is 38.1 Å². The van der Waals surface area contributed by atoms with E-state index in [0.717, 1.165) is 0 Å². The number of thiophene rings is 1. The van der Waals surface area contributed by atoms with Crippen LogP contribution in [0.2, 0.25) is 0 Å². The highest BCUT2D eigenvalue weighted by atomic mass is 32.1. The quantitative estimate of drug-likeness (QED) is 0.829. The summed E-state index contributed by atoms with van der Waals surface area (Å²) < 4.78 is 1.39. The van der Waals surface area contributed by atoms with Crippen LogP contribution in [0.1, 0.15) is 43.7 Å². The van der Waals surface area contributed by atoms with Crippen LogP contribution < -0.4 is 5.73 Å². The van der Waals surface area contributed by atoms with Crippen molar-refractivity contribution in [1.29, 1.82) is 0 Å². The van der Waals surface area contributed by atoms with Gasteiger partial charge in [-0.2, -0.15) is 0 Å². The minimum absolute atomic E-state index is 0.234. The predicted molar refractivity (Wildman–Crippen MR) is 75.3 cm³/mol. The Hall–Kier alpha value is -0.860. The Morgan fingerprint density at radius 3 is 2.76 bits per heavy atom. The summed E-state index contributed by atoms with van der Waals surface area (Å²) in [5, 5.41) is 3.51. The molecule has 1 aliphatic rings. The van der Waals surface area contributed by atoms with Gasteiger partial charge in [0.25, 0.3) is 0 Å². The van der Waals surface area contributed by atoms with Crippen molar-refractivity contribution in [2.24, 2.45) is 11.7 Å². The van der Waals surface area contributed by atoms with Gasteiger partial charge >= 0.3 is 0 Å². The summed E-state index contributed by atoms with van der Waals surface area (Å²) in [6.45, 7) is 0. The molecule has 2 aromatic rings. The first-order valence-electron chi connectivity index (χ1n) is 6.58. The zero-order valence-corrected chi connectivity index (χ0v) is 10.9. The van der Waals surface area contributed by atoms with Crippen LogP contribution in [0.4, 0.5) is 0 Å². The third-order valence-corrected chi connectivity index (χ3v) is 5.01. The minimum atomic E-state index is 0.234. The second-order valence-corrected chi connectivity index (χ2v) is 6.03. The highest BCUT2D eigenvalue weighted by Gasteiger charge is 2.23. The molecule has 0 bridgehead atoms. The van der Waals surface area contributed by atoms with Crippen molar-refractivity contribution in [3.05, 3.63) is 35.2 Å². The molecular formula is C15H19NS. The second-order valence-electron chi connectivity index (χ2n) is 5.11. The van der Waals surface area contributed by atoms with Gasteiger partial charge in [-0.3, -0.25) is 0 Å². The van der Waals surface area contributed by atoms with Gasteiger partial charge in [-0.1, -0.05) is 37.5 Å². The molecule has 1 aromatic carbocycles. The molecule has 3 rings (SSSR count). The van der Waals surface area contributed by atoms with Crippen LogP contribution in [0, 0.1) is 5.92 Å². The van der Waals surface area contributed by atoms with Crippen molar-refractivity contribution >= 4 is 21.4 Å². The first-order valence-corrected chi connectivity index (χ1v) is 7.46. The first kappa shape index (κ1) is 11.2. The Morgan fingerprint density at radius 2 is 1.94 bits per heavy atom. The fourth-order valence-corrected chi connectivity index (χ4v) is 3.99. The Balaban J connectivity index is 1.94. The summed E-state index contributed by atoms with van der Waals surface area (Å²) in [5.41, 5.74) is 7.87. The highest BCUT2D eigenvalue weighted by molar-refractivity contribution is 7.17. The van der Waals surface area contributed by atoms with E-state index in [1.807, 2.05) is 11.3 Å². The Morgan fingerprint density at radius 1 is 1.12 bits per heavy atom. The van der Waals surface area contributed by atoms with E-state index in [4.69, 9.17) is 5.73 Å². The molecule has 1 nitrogen and oxygen atoms in total. The number of fused-ring (bicyclic) bond motifs is 1. The summed E-state index contributed by atoms with van der Waals surface area (Å²) in [6.07, 6.45) is 6.73. The Labute approximate surface area is 107 Å². The molecule has 1 atom stereocenters. The molecule has 90 valence electrons. The van der Waals surface area contributed by atoms with E-state index in [1.54, 1.807) is 0 Å². The summed E-state index contributed by atoms with van der Waals surface area (Å²) >= 11 is 1.83. The molecule has 0 amide bonds. The molecule has 0 spiro atoms. The highest BCUT2D eigenvalue weighted by Crippen LogP contribution is 2.37. The van der Waals surface area contributed by atoms with Gasteiger partial charge in [-0.05, 0) is 41.2 Å². The third kappa shape index (κ3) is 2.12. The lowest BCUT2D eigenvalue weighted by molar-refractivity contribution is 0.309. The van der Waals surface area contributed by atoms with Crippen LogP contribution in [-0.4, -0.2) is 0 Å². The van der Waals surface area contributed by atoms with Crippen LogP contribution in [0.5, 0.6) is 0 Å². The molecule has 1 heterocycles. The van der Waals surface area contributed by atoms with E-state index in [9.17, 15) is 0 Å². The zero-order valence-electron chi connectivity index (χ0n) is 10.1. The van der Waals surface area contributed by atoms with E-state index >= 15 is 0 Å². The Kier molecular flexibility index (Phi) is 3.17. The number of rotatable bonds is 2. The number of hydrogen-bond acceptors (Lipinski definition) is 2. The summed E-state index contributed by atoms with van der Waals surface area (Å²) in [5.74, 6) is 0.691. The SMILES string of the molecule is NC(c1cccc2ccsc12)C1CCCCC1. The molecule has 0 aliphatic heterocycles. The maximum Gasteiger partial charge on any atom is 0.0390 e. The molecule has 1 fully saturated rings. The summed E-state index contributed by atoms with van der Waals surface area (Å²) in [4.78, 5) is 0. The molecule has 1 aromatic heterocycles. The average Bonchev–Trinajstić information content (AvgIpc) is 2.87. The topological polar surface area (TPSA) is 26.0 Å². The van der Waals surface area contributed by atoms with Crippen LogP contribution in [0.15, 0.2) is 29.6 Å². The zero-order chi connectivity index (χ0) is 11.7. The van der Waals surface area contributed by atoms with Gasteiger partial charge in [0.1, 0.15) is 0 Å². The van der Waals surface area contributed by atoms with Gasteiger partial charge < -0.3 is 5.73 Å². The van der Waals surface area contributed by atoms with Crippen molar-refractivity contribution in [2.75, 3.05) is 0 Å². The van der Waals surface area contributed by atoms with Crippen molar-refractivity contribution < 1.29 is 0 Å². The fraction of sp³-hybridized carbons (Fsp3) is 0.467. The molecule has 2 heteroatoms. The van der Waals surface area contributed by atoms with Gasteiger partial charge in [0.2, 0.25) is 0 Å². The predicted octanol–water partition coefficient (Wildman–Crippen LogP) is 4.48. The second kappa shape index (κ2) is 4.79. The molecule has 2 N–H and O–H groups in total. The molecular weight excluding hydrogens is 226 g/mol. The van der Waals surface area contributed by atoms with Crippen LogP contribution in [-0.2, 0) is 0 Å². The third-order valence-electron chi connectivity index (χ3n) is 4.03. The van der Waals surface area contributed by atoms with Crippen molar-refractivity contribution in [3.63, 3.8) is 0 Å². The lowest BCUT2D eigenvalue weighted by atomic mass is 9.81. The van der Waals surface area contributed by atoms with Gasteiger partial charge in [-0.15, -0.1) is 11.3 Å². The molecule has 0 saturated heterocycles.